The lowest BCUT2D eigenvalue weighted by Crippen LogP contribution is -2.59. The van der Waals surface area contributed by atoms with E-state index in [0.29, 0.717) is 0 Å². The van der Waals surface area contributed by atoms with Crippen molar-refractivity contribution in [1.82, 2.24) is 0 Å². The van der Waals surface area contributed by atoms with Crippen molar-refractivity contribution in [3.05, 3.63) is 150 Å². The van der Waals surface area contributed by atoms with Gasteiger partial charge in [0, 0.05) is 40.2 Å². The van der Waals surface area contributed by atoms with Crippen molar-refractivity contribution < 1.29 is 4.74 Å². The number of rotatable bonds is 4. The minimum atomic E-state index is 0.0758. The summed E-state index contributed by atoms with van der Waals surface area (Å²) in [6.07, 6.45) is 0. The smallest absolute Gasteiger partial charge is 0.256 e. The second-order valence-corrected chi connectivity index (χ2v) is 12.0. The summed E-state index contributed by atoms with van der Waals surface area (Å²) in [6, 6.07) is 46.0. The molecule has 0 bridgehead atoms. The minimum Gasteiger partial charge on any atom is -0.458 e. The molecule has 0 aliphatic carbocycles. The van der Waals surface area contributed by atoms with Crippen LogP contribution < -0.4 is 30.9 Å². The quantitative estimate of drug-likeness (QED) is 0.197. The number of hydrogen-bond acceptors (Lipinski definition) is 3. The third-order valence-electron chi connectivity index (χ3n) is 9.36. The number of para-hydroxylation sites is 2. The Morgan fingerprint density at radius 2 is 1.11 bits per heavy atom. The van der Waals surface area contributed by atoms with Crippen molar-refractivity contribution in [3.8, 4) is 11.5 Å². The molecule has 0 aromatic heterocycles. The summed E-state index contributed by atoms with van der Waals surface area (Å²) in [4.78, 5) is 4.72. The van der Waals surface area contributed by atoms with Gasteiger partial charge in [-0.15, -0.1) is 0 Å². The summed E-state index contributed by atoms with van der Waals surface area (Å²) in [5, 5.41) is 0. The van der Waals surface area contributed by atoms with E-state index in [1.165, 1.54) is 50.0 Å². The van der Waals surface area contributed by atoms with Gasteiger partial charge in [0.25, 0.3) is 6.71 Å². The second-order valence-electron chi connectivity index (χ2n) is 12.0. The van der Waals surface area contributed by atoms with Gasteiger partial charge in [-0.25, -0.2) is 0 Å². The van der Waals surface area contributed by atoms with Crippen LogP contribution in [-0.4, -0.2) is 6.71 Å². The fourth-order valence-electron chi connectivity index (χ4n) is 6.79. The van der Waals surface area contributed by atoms with E-state index >= 15 is 0 Å². The third-order valence-corrected chi connectivity index (χ3v) is 9.36. The molecule has 4 heteroatoms. The Hall–Kier alpha value is -5.22. The van der Waals surface area contributed by atoms with Crippen LogP contribution in [0.5, 0.6) is 11.5 Å². The zero-order valence-corrected chi connectivity index (χ0v) is 25.5. The Kier molecular flexibility index (Phi) is 6.13. The number of hydrogen-bond donors (Lipinski definition) is 0. The molecule has 0 amide bonds. The number of fused-ring (bicyclic) bond motifs is 4. The largest absolute Gasteiger partial charge is 0.458 e. The number of anilines is 6. The van der Waals surface area contributed by atoms with E-state index in [1.807, 2.05) is 0 Å². The fraction of sp³-hybridized carbons (Fsp3) is 0.100. The molecule has 6 aromatic rings. The number of nitrogens with zero attached hydrogens (tertiary/aromatic N) is 2. The van der Waals surface area contributed by atoms with Gasteiger partial charge in [-0.1, -0.05) is 60.7 Å². The number of ether oxygens (including phenoxy) is 1. The van der Waals surface area contributed by atoms with Gasteiger partial charge < -0.3 is 14.5 Å². The molecule has 0 saturated carbocycles. The van der Waals surface area contributed by atoms with Crippen LogP contribution in [0.1, 0.15) is 22.3 Å². The van der Waals surface area contributed by atoms with E-state index in [1.54, 1.807) is 0 Å². The van der Waals surface area contributed by atoms with Crippen molar-refractivity contribution in [2.45, 2.75) is 27.7 Å². The van der Waals surface area contributed by atoms with E-state index in [2.05, 4.69) is 165 Å². The minimum absolute atomic E-state index is 0.0758. The first-order chi connectivity index (χ1) is 21.5. The Labute approximate surface area is 260 Å². The van der Waals surface area contributed by atoms with Crippen molar-refractivity contribution in [2.24, 2.45) is 0 Å². The van der Waals surface area contributed by atoms with Gasteiger partial charge in [-0.3, -0.25) is 0 Å². The molecule has 2 heterocycles. The Morgan fingerprint density at radius 1 is 0.500 bits per heavy atom. The van der Waals surface area contributed by atoms with Crippen LogP contribution in [0.3, 0.4) is 0 Å². The standard InChI is InChI=1S/C40H33BN2O/c1-26-17-19-31(23-28(26)3)42(32-20-18-27(2)29(4)24-32)33-21-22-35-39(25-33)44-38-16-10-15-37-40(38)41(35)34-13-8-9-14-36(34)43(37)30-11-6-5-7-12-30/h5-25H,1-4H3. The average molecular weight is 569 g/mol. The monoisotopic (exact) mass is 568 g/mol. The Balaban J connectivity index is 1.31. The molecule has 0 saturated heterocycles. The van der Waals surface area contributed by atoms with Crippen molar-refractivity contribution in [2.75, 3.05) is 9.80 Å². The van der Waals surface area contributed by atoms with Gasteiger partial charge in [0.1, 0.15) is 11.5 Å². The average Bonchev–Trinajstić information content (AvgIpc) is 3.04. The Morgan fingerprint density at radius 3 is 1.82 bits per heavy atom. The van der Waals surface area contributed by atoms with E-state index < -0.39 is 0 Å². The van der Waals surface area contributed by atoms with Gasteiger partial charge in [-0.05, 0) is 127 Å². The summed E-state index contributed by atoms with van der Waals surface area (Å²) in [7, 11) is 0. The van der Waals surface area contributed by atoms with Gasteiger partial charge in [0.2, 0.25) is 0 Å². The van der Waals surface area contributed by atoms with E-state index in [0.717, 1.165) is 34.2 Å². The predicted octanol–water partition coefficient (Wildman–Crippen LogP) is 8.80. The van der Waals surface area contributed by atoms with Gasteiger partial charge in [-0.2, -0.15) is 0 Å². The maximum absolute atomic E-state index is 6.82. The zero-order chi connectivity index (χ0) is 29.9. The summed E-state index contributed by atoms with van der Waals surface area (Å²) in [5.74, 6) is 1.81. The van der Waals surface area contributed by atoms with Gasteiger partial charge >= 0.3 is 0 Å². The molecular formula is C40H33BN2O. The van der Waals surface area contributed by atoms with Crippen LogP contribution in [-0.2, 0) is 0 Å². The number of benzene rings is 6. The van der Waals surface area contributed by atoms with Crippen LogP contribution in [0.2, 0.25) is 0 Å². The topological polar surface area (TPSA) is 15.7 Å². The summed E-state index contributed by atoms with van der Waals surface area (Å²) >= 11 is 0. The maximum Gasteiger partial charge on any atom is 0.256 e. The lowest BCUT2D eigenvalue weighted by atomic mass is 9.34. The summed E-state index contributed by atoms with van der Waals surface area (Å²) in [5.41, 5.74) is 15.7. The van der Waals surface area contributed by atoms with E-state index in [9.17, 15) is 0 Å². The highest BCUT2D eigenvalue weighted by atomic mass is 16.5. The van der Waals surface area contributed by atoms with Crippen LogP contribution >= 0.6 is 0 Å². The molecule has 2 aliphatic heterocycles. The molecule has 8 rings (SSSR count). The molecule has 0 N–H and O–H groups in total. The highest BCUT2D eigenvalue weighted by Gasteiger charge is 2.41. The third kappa shape index (κ3) is 4.13. The molecule has 44 heavy (non-hydrogen) atoms. The highest BCUT2D eigenvalue weighted by molar-refractivity contribution is 6.99. The van der Waals surface area contributed by atoms with Crippen LogP contribution in [0.15, 0.2) is 127 Å². The fourth-order valence-corrected chi connectivity index (χ4v) is 6.79. The first kappa shape index (κ1) is 26.4. The highest BCUT2D eigenvalue weighted by Crippen LogP contribution is 2.42. The molecular weight excluding hydrogens is 535 g/mol. The first-order valence-electron chi connectivity index (χ1n) is 15.3. The normalized spacial score (nSPS) is 12.6. The van der Waals surface area contributed by atoms with Crippen molar-refractivity contribution >= 4 is 57.2 Å². The second kappa shape index (κ2) is 10.2. The molecule has 212 valence electrons. The maximum atomic E-state index is 6.82. The summed E-state index contributed by atoms with van der Waals surface area (Å²) in [6.45, 7) is 8.77. The van der Waals surface area contributed by atoms with Crippen LogP contribution in [0.25, 0.3) is 0 Å². The molecule has 0 unspecified atom stereocenters. The molecule has 2 aliphatic rings. The molecule has 0 atom stereocenters. The molecule has 0 radical (unpaired) electrons. The number of aryl methyl sites for hydroxylation is 4. The zero-order valence-electron chi connectivity index (χ0n) is 25.5. The van der Waals surface area contributed by atoms with E-state index in [4.69, 9.17) is 4.74 Å². The lowest BCUT2D eigenvalue weighted by Gasteiger charge is -2.40. The van der Waals surface area contributed by atoms with Gasteiger partial charge in [0.15, 0.2) is 0 Å². The van der Waals surface area contributed by atoms with Crippen molar-refractivity contribution in [1.29, 1.82) is 0 Å². The first-order valence-corrected chi connectivity index (χ1v) is 15.3. The molecule has 6 aromatic carbocycles. The van der Waals surface area contributed by atoms with Crippen molar-refractivity contribution in [3.63, 3.8) is 0 Å². The van der Waals surface area contributed by atoms with Crippen LogP contribution in [0.4, 0.5) is 34.1 Å². The van der Waals surface area contributed by atoms with E-state index in [-0.39, 0.29) is 6.71 Å². The Bertz CT molecular complexity index is 2020. The predicted molar refractivity (Wildman–Crippen MR) is 186 cm³/mol. The SMILES string of the molecule is Cc1ccc(N(c2ccc(C)c(C)c2)c2ccc3c(c2)Oc2cccc4c2B3c2ccccc2N4c2ccccc2)cc1C. The summed E-state index contributed by atoms with van der Waals surface area (Å²) < 4.78 is 6.82. The molecule has 3 nitrogen and oxygen atoms in total. The van der Waals surface area contributed by atoms with Crippen LogP contribution in [0, 0.1) is 27.7 Å². The molecule has 0 fully saturated rings. The van der Waals surface area contributed by atoms with Gasteiger partial charge in [0.05, 0.1) is 0 Å². The molecule has 0 spiro atoms. The lowest BCUT2D eigenvalue weighted by molar-refractivity contribution is 0.487.